The highest BCUT2D eigenvalue weighted by Gasteiger charge is 2.26. The number of hydrogen-bond donors (Lipinski definition) is 3. The maximum Gasteiger partial charge on any atom is 0.310 e. The topological polar surface area (TPSA) is 114 Å². The minimum Gasteiger partial charge on any atom is -0.455 e. The number of carbonyl (C=O) groups is 3. The minimum absolute atomic E-state index is 0.0217. The maximum atomic E-state index is 13.2. The molecular weight excluding hydrogens is 496 g/mol. The fourth-order valence-corrected chi connectivity index (χ4v) is 4.04. The van der Waals surface area contributed by atoms with E-state index in [1.807, 2.05) is 60.7 Å². The average molecular weight is 537 g/mol. The maximum absolute atomic E-state index is 13.2. The zero-order valence-electron chi connectivity index (χ0n) is 22.4. The van der Waals surface area contributed by atoms with E-state index in [4.69, 9.17) is 14.6 Å². The molecule has 0 unspecified atom stereocenters. The van der Waals surface area contributed by atoms with Gasteiger partial charge in [0.2, 0.25) is 11.8 Å². The van der Waals surface area contributed by atoms with Crippen molar-refractivity contribution in [3.63, 3.8) is 0 Å². The fourth-order valence-electron chi connectivity index (χ4n) is 4.04. The second-order valence-electron chi connectivity index (χ2n) is 9.10. The van der Waals surface area contributed by atoms with Gasteiger partial charge in [-0.15, -0.1) is 13.2 Å². The Labute approximate surface area is 231 Å². The van der Waals surface area contributed by atoms with Crippen molar-refractivity contribution in [3.05, 3.63) is 97.1 Å². The molecule has 2 rings (SSSR count). The molecule has 2 aromatic rings. The zero-order valence-corrected chi connectivity index (χ0v) is 22.4. The summed E-state index contributed by atoms with van der Waals surface area (Å²) in [4.78, 5) is 38.6. The van der Waals surface area contributed by atoms with Gasteiger partial charge in [-0.3, -0.25) is 14.4 Å². The second kappa shape index (κ2) is 18.5. The molecular formula is C31H40N2O6. The Bertz CT molecular complexity index is 1030. The number of aliphatic hydroxyl groups is 1. The molecule has 39 heavy (non-hydrogen) atoms. The van der Waals surface area contributed by atoms with Gasteiger partial charge in [-0.25, -0.2) is 0 Å². The Morgan fingerprint density at radius 1 is 0.872 bits per heavy atom. The van der Waals surface area contributed by atoms with Gasteiger partial charge in [-0.05, 0) is 30.4 Å². The first-order chi connectivity index (χ1) is 19.0. The molecule has 3 atom stereocenters. The predicted octanol–water partition coefficient (Wildman–Crippen LogP) is 3.53. The summed E-state index contributed by atoms with van der Waals surface area (Å²) in [5, 5.41) is 14.3. The quantitative estimate of drug-likeness (QED) is 0.144. The summed E-state index contributed by atoms with van der Waals surface area (Å²) < 4.78 is 11.1. The molecule has 0 saturated carbocycles. The number of esters is 1. The van der Waals surface area contributed by atoms with Crippen LogP contribution in [0.25, 0.3) is 0 Å². The first-order valence-electron chi connectivity index (χ1n) is 13.2. The van der Waals surface area contributed by atoms with E-state index < -0.39 is 17.9 Å². The Hall–Kier alpha value is -3.75. The molecule has 2 amide bonds. The van der Waals surface area contributed by atoms with Crippen molar-refractivity contribution in [2.45, 2.75) is 31.8 Å². The van der Waals surface area contributed by atoms with E-state index in [9.17, 15) is 14.4 Å². The molecule has 0 radical (unpaired) electrons. The van der Waals surface area contributed by atoms with Crippen LogP contribution in [0.3, 0.4) is 0 Å². The molecule has 0 aromatic heterocycles. The number of allylic oxidation sites excluding steroid dienone is 2. The van der Waals surface area contributed by atoms with Crippen LogP contribution >= 0.6 is 0 Å². The number of rotatable bonds is 19. The monoisotopic (exact) mass is 536 g/mol. The highest BCUT2D eigenvalue weighted by molar-refractivity contribution is 5.86. The molecule has 0 bridgehead atoms. The van der Waals surface area contributed by atoms with Crippen molar-refractivity contribution in [2.24, 2.45) is 11.8 Å². The standard InChI is InChI=1S/C31H40N2O6/c1-3-11-26(22-29(35)32-17-19-38-20-18-34)30(36)33-23-28(25-15-9-6-10-16-25)39-31(37)27(12-4-2)21-24-13-7-5-8-14-24/h3-10,13-16,26-28,34H,1-2,11-12,17-23H2,(H,32,35)(H,33,36)/t26-,27+,28+/m1/s1. The Balaban J connectivity index is 2.03. The van der Waals surface area contributed by atoms with Gasteiger partial charge in [-0.2, -0.15) is 0 Å². The number of amides is 2. The van der Waals surface area contributed by atoms with Gasteiger partial charge in [0, 0.05) is 13.0 Å². The molecule has 0 aliphatic carbocycles. The van der Waals surface area contributed by atoms with Crippen molar-refractivity contribution in [3.8, 4) is 0 Å². The summed E-state index contributed by atoms with van der Waals surface area (Å²) in [6.45, 7) is 8.22. The van der Waals surface area contributed by atoms with Gasteiger partial charge in [0.1, 0.15) is 6.10 Å². The van der Waals surface area contributed by atoms with Crippen LogP contribution in [0.1, 0.15) is 36.5 Å². The molecule has 0 fully saturated rings. The van der Waals surface area contributed by atoms with Crippen molar-refractivity contribution >= 4 is 17.8 Å². The minimum atomic E-state index is -0.701. The van der Waals surface area contributed by atoms with Crippen LogP contribution in [0.15, 0.2) is 86.0 Å². The third kappa shape index (κ3) is 12.1. The molecule has 2 aromatic carbocycles. The molecule has 210 valence electrons. The number of carbonyl (C=O) groups excluding carboxylic acids is 3. The zero-order chi connectivity index (χ0) is 28.3. The first kappa shape index (κ1) is 31.5. The smallest absolute Gasteiger partial charge is 0.310 e. The summed E-state index contributed by atoms with van der Waals surface area (Å²) in [5.41, 5.74) is 1.78. The van der Waals surface area contributed by atoms with Crippen molar-refractivity contribution < 1.29 is 29.0 Å². The van der Waals surface area contributed by atoms with Crippen LogP contribution < -0.4 is 10.6 Å². The van der Waals surface area contributed by atoms with Crippen LogP contribution in [0.5, 0.6) is 0 Å². The Morgan fingerprint density at radius 2 is 1.51 bits per heavy atom. The van der Waals surface area contributed by atoms with Gasteiger partial charge in [0.15, 0.2) is 0 Å². The molecule has 0 aliphatic rings. The van der Waals surface area contributed by atoms with Gasteiger partial charge in [0.25, 0.3) is 0 Å². The van der Waals surface area contributed by atoms with E-state index in [1.54, 1.807) is 12.2 Å². The largest absolute Gasteiger partial charge is 0.455 e. The number of hydrogen-bond acceptors (Lipinski definition) is 6. The summed E-state index contributed by atoms with van der Waals surface area (Å²) in [6, 6.07) is 19.0. The van der Waals surface area contributed by atoms with Crippen LogP contribution in [0.2, 0.25) is 0 Å². The molecule has 3 N–H and O–H groups in total. The third-order valence-corrected chi connectivity index (χ3v) is 6.06. The van der Waals surface area contributed by atoms with Gasteiger partial charge in [-0.1, -0.05) is 72.8 Å². The van der Waals surface area contributed by atoms with Crippen LogP contribution in [0.4, 0.5) is 0 Å². The Kier molecular flexibility index (Phi) is 14.9. The third-order valence-electron chi connectivity index (χ3n) is 6.06. The first-order valence-corrected chi connectivity index (χ1v) is 13.2. The average Bonchev–Trinajstić information content (AvgIpc) is 2.95. The number of benzene rings is 2. The van der Waals surface area contributed by atoms with Crippen LogP contribution in [-0.4, -0.2) is 55.8 Å². The number of ether oxygens (including phenoxy) is 2. The van der Waals surface area contributed by atoms with E-state index in [0.29, 0.717) is 19.3 Å². The summed E-state index contributed by atoms with van der Waals surface area (Å²) in [7, 11) is 0. The van der Waals surface area contributed by atoms with Crippen LogP contribution in [0, 0.1) is 11.8 Å². The summed E-state index contributed by atoms with van der Waals surface area (Å²) >= 11 is 0. The van der Waals surface area contributed by atoms with E-state index in [-0.39, 0.29) is 57.1 Å². The van der Waals surface area contributed by atoms with Gasteiger partial charge >= 0.3 is 5.97 Å². The van der Waals surface area contributed by atoms with Crippen molar-refractivity contribution in [1.82, 2.24) is 10.6 Å². The lowest BCUT2D eigenvalue weighted by atomic mass is 9.96. The fraction of sp³-hybridized carbons (Fsp3) is 0.387. The SMILES string of the molecule is C=CC[C@H](CC(=O)NCCOCCO)C(=O)NC[C@H](OC(=O)[C@@H](CC=C)Cc1ccccc1)c1ccccc1. The predicted molar refractivity (Wildman–Crippen MR) is 151 cm³/mol. The lowest BCUT2D eigenvalue weighted by Crippen LogP contribution is -2.38. The summed E-state index contributed by atoms with van der Waals surface area (Å²) in [6.07, 6.45) is 3.87. The van der Waals surface area contributed by atoms with Crippen molar-refractivity contribution in [1.29, 1.82) is 0 Å². The lowest BCUT2D eigenvalue weighted by molar-refractivity contribution is -0.154. The van der Waals surface area contributed by atoms with E-state index >= 15 is 0 Å². The highest BCUT2D eigenvalue weighted by atomic mass is 16.5. The second-order valence-corrected chi connectivity index (χ2v) is 9.10. The normalized spacial score (nSPS) is 12.9. The lowest BCUT2D eigenvalue weighted by Gasteiger charge is -2.23. The summed E-state index contributed by atoms with van der Waals surface area (Å²) in [5.74, 6) is -2.02. The molecule has 0 aliphatic heterocycles. The highest BCUT2D eigenvalue weighted by Crippen LogP contribution is 2.22. The Morgan fingerprint density at radius 3 is 2.15 bits per heavy atom. The molecule has 0 spiro atoms. The molecule has 8 heteroatoms. The van der Waals surface area contributed by atoms with E-state index in [2.05, 4.69) is 23.8 Å². The van der Waals surface area contributed by atoms with Gasteiger partial charge in [0.05, 0.1) is 38.2 Å². The van der Waals surface area contributed by atoms with E-state index in [1.165, 1.54) is 0 Å². The van der Waals surface area contributed by atoms with E-state index in [0.717, 1.165) is 11.1 Å². The van der Waals surface area contributed by atoms with Crippen molar-refractivity contribution in [2.75, 3.05) is 32.9 Å². The molecule has 0 heterocycles. The number of aliphatic hydroxyl groups excluding tert-OH is 1. The van der Waals surface area contributed by atoms with Crippen LogP contribution in [-0.2, 0) is 30.3 Å². The molecule has 0 saturated heterocycles. The number of nitrogens with one attached hydrogen (secondary N) is 2. The molecule has 8 nitrogen and oxygen atoms in total. The van der Waals surface area contributed by atoms with Gasteiger partial charge < -0.3 is 25.2 Å².